The van der Waals surface area contributed by atoms with E-state index in [-0.39, 0.29) is 28.3 Å². The molecule has 1 radical (unpaired) electrons. The second-order valence-corrected chi connectivity index (χ2v) is 9.77. The average molecular weight is 588 g/mol. The van der Waals surface area contributed by atoms with E-state index in [1.807, 2.05) is 97.1 Å². The van der Waals surface area contributed by atoms with Crippen LogP contribution in [0.3, 0.4) is 0 Å². The van der Waals surface area contributed by atoms with Gasteiger partial charge in [0.2, 0.25) is 0 Å². The molecule has 4 aromatic rings. The molecule has 0 amide bonds. The molecule has 0 aromatic heterocycles. The molecule has 4 nitrogen and oxygen atoms in total. The Morgan fingerprint density at radius 3 is 1.00 bits per heavy atom. The van der Waals surface area contributed by atoms with Gasteiger partial charge in [-0.2, -0.15) is 0 Å². The maximum atomic E-state index is 12.8. The Kier molecular flexibility index (Phi) is 13.4. The molecule has 0 fully saturated rings. The third-order valence-electron chi connectivity index (χ3n) is 6.42. The number of allylic oxidation sites excluding steroid dienone is 4. The van der Waals surface area contributed by atoms with Crippen molar-refractivity contribution < 1.29 is 26.4 Å². The zero-order chi connectivity index (χ0) is 27.8. The number of hydrogen-bond acceptors (Lipinski definition) is 4. The van der Waals surface area contributed by atoms with Gasteiger partial charge in [-0.15, -0.1) is 0 Å². The molecule has 0 atom stereocenters. The Labute approximate surface area is 253 Å². The van der Waals surface area contributed by atoms with E-state index in [0.717, 1.165) is 33.6 Å². The first-order valence-electron chi connectivity index (χ1n) is 13.7. The van der Waals surface area contributed by atoms with Crippen LogP contribution in [-0.2, 0) is 52.1 Å². The van der Waals surface area contributed by atoms with Gasteiger partial charge in [0.25, 0.3) is 0 Å². The average Bonchev–Trinajstić information content (AvgIpc) is 2.97. The van der Waals surface area contributed by atoms with Crippen LogP contribution >= 0.6 is 0 Å². The van der Waals surface area contributed by atoms with Gasteiger partial charge in [-0.1, -0.05) is 121 Å². The monoisotopic (exact) mass is 587 g/mol. The molecule has 0 aliphatic rings. The van der Waals surface area contributed by atoms with Gasteiger partial charge in [0.15, 0.2) is 11.6 Å². The Morgan fingerprint density at radius 2 is 0.707 bits per heavy atom. The van der Waals surface area contributed by atoms with E-state index in [0.29, 0.717) is 38.8 Å². The van der Waals surface area contributed by atoms with E-state index in [4.69, 9.17) is 0 Å². The first kappa shape index (κ1) is 31.3. The normalized spacial score (nSPS) is 11.3. The second-order valence-electron chi connectivity index (χ2n) is 9.77. The molecule has 0 bridgehead atoms. The van der Waals surface area contributed by atoms with Crippen LogP contribution in [-0.4, -0.2) is 24.7 Å². The van der Waals surface area contributed by atoms with Crippen LogP contribution < -0.4 is 10.6 Å². The summed E-state index contributed by atoms with van der Waals surface area (Å²) < 4.78 is 0. The Bertz CT molecular complexity index is 1290. The summed E-state index contributed by atoms with van der Waals surface area (Å²) in [6, 6.07) is 39.9. The summed E-state index contributed by atoms with van der Waals surface area (Å²) in [5.41, 5.74) is 6.03. The smallest absolute Gasteiger partial charge is 0.386 e. The Morgan fingerprint density at radius 1 is 0.439 bits per heavy atom. The van der Waals surface area contributed by atoms with Crippen molar-refractivity contribution in [2.45, 2.75) is 25.7 Å². The zero-order valence-electron chi connectivity index (χ0n) is 23.1. The van der Waals surface area contributed by atoms with Crippen LogP contribution in [0.4, 0.5) is 0 Å². The van der Waals surface area contributed by atoms with Gasteiger partial charge in [-0.3, -0.25) is 9.59 Å². The fraction of sp³-hybridized carbons (Fsp3) is 0.167. The van der Waals surface area contributed by atoms with Gasteiger partial charge in [0.05, 0.1) is 0 Å². The minimum absolute atomic E-state index is 0. The summed E-state index contributed by atoms with van der Waals surface area (Å²) in [7, 11) is 0. The maximum absolute atomic E-state index is 12.8. The van der Waals surface area contributed by atoms with Crippen LogP contribution in [0, 0.1) is 0 Å². The van der Waals surface area contributed by atoms with E-state index in [2.05, 4.69) is 34.9 Å². The standard InChI is InChI=1S/C36H36N2O2.Co/c39-35(25-31-17-9-3-10-18-31)27-33(23-29-13-5-1-6-14-29)37-21-22-38-34(24-30-15-7-2-8-16-30)28-36(40)26-32-19-11-4-12-20-32;/h1-20,27-28,37-38H,21-26H2;/q;+2/b33-27-,34-28-;. The topological polar surface area (TPSA) is 58.2 Å². The molecule has 4 aromatic carbocycles. The molecule has 5 heteroatoms. The van der Waals surface area contributed by atoms with Crippen molar-refractivity contribution in [3.8, 4) is 0 Å². The number of carbonyl (C=O) groups excluding carboxylic acids is 2. The molecule has 2 N–H and O–H groups in total. The van der Waals surface area contributed by atoms with E-state index in [9.17, 15) is 9.59 Å². The molecule has 4 rings (SSSR count). The molecule has 0 aliphatic heterocycles. The van der Waals surface area contributed by atoms with Crippen LogP contribution in [0.25, 0.3) is 0 Å². The summed E-state index contributed by atoms with van der Waals surface area (Å²) in [5, 5.41) is 6.93. The number of rotatable bonds is 15. The van der Waals surface area contributed by atoms with Gasteiger partial charge >= 0.3 is 16.8 Å². The zero-order valence-corrected chi connectivity index (χ0v) is 24.1. The molecular weight excluding hydrogens is 551 g/mol. The second kappa shape index (κ2) is 17.5. The molecule has 0 aliphatic carbocycles. The van der Waals surface area contributed by atoms with Gasteiger partial charge in [-0.05, 0) is 22.3 Å². The minimum atomic E-state index is 0. The van der Waals surface area contributed by atoms with Crippen molar-refractivity contribution in [1.82, 2.24) is 10.6 Å². The number of carbonyl (C=O) groups is 2. The Balaban J connectivity index is 0.00000462. The molecule has 0 saturated heterocycles. The predicted molar refractivity (Wildman–Crippen MR) is 163 cm³/mol. The van der Waals surface area contributed by atoms with E-state index in [1.54, 1.807) is 12.2 Å². The van der Waals surface area contributed by atoms with E-state index < -0.39 is 0 Å². The quantitative estimate of drug-likeness (QED) is 0.132. The number of hydrogen-bond donors (Lipinski definition) is 2. The van der Waals surface area contributed by atoms with Gasteiger partial charge < -0.3 is 10.6 Å². The fourth-order valence-corrected chi connectivity index (χ4v) is 4.49. The van der Waals surface area contributed by atoms with Crippen LogP contribution in [0.2, 0.25) is 0 Å². The summed E-state index contributed by atoms with van der Waals surface area (Å²) in [5.74, 6) is 0.127. The summed E-state index contributed by atoms with van der Waals surface area (Å²) >= 11 is 0. The van der Waals surface area contributed by atoms with Crippen molar-refractivity contribution >= 4 is 11.6 Å². The van der Waals surface area contributed by atoms with Crippen molar-refractivity contribution in [3.05, 3.63) is 167 Å². The van der Waals surface area contributed by atoms with Gasteiger partial charge in [-0.25, -0.2) is 0 Å². The molecule has 41 heavy (non-hydrogen) atoms. The number of nitrogens with one attached hydrogen (secondary N) is 2. The molecule has 209 valence electrons. The first-order chi connectivity index (χ1) is 19.6. The van der Waals surface area contributed by atoms with Crippen LogP contribution in [0.1, 0.15) is 22.3 Å². The third-order valence-corrected chi connectivity index (χ3v) is 6.42. The van der Waals surface area contributed by atoms with Crippen molar-refractivity contribution in [2.24, 2.45) is 0 Å². The summed E-state index contributed by atoms with van der Waals surface area (Å²) in [6.07, 6.45) is 5.47. The SMILES string of the molecule is O=C(/C=C(/Cc1ccccc1)NCCN/C(=C\C(=O)Cc1ccccc1)Cc1ccccc1)Cc1ccccc1.[Co+2]. The summed E-state index contributed by atoms with van der Waals surface area (Å²) in [6.45, 7) is 1.21. The largest absolute Gasteiger partial charge is 2.00 e. The van der Waals surface area contributed by atoms with Gasteiger partial charge in [0, 0.05) is 62.3 Å². The van der Waals surface area contributed by atoms with Crippen LogP contribution in [0.15, 0.2) is 145 Å². The molecule has 0 saturated carbocycles. The fourth-order valence-electron chi connectivity index (χ4n) is 4.49. The maximum Gasteiger partial charge on any atom is 2.00 e. The molecule has 0 spiro atoms. The predicted octanol–water partition coefficient (Wildman–Crippen LogP) is 6.04. The third kappa shape index (κ3) is 11.8. The van der Waals surface area contributed by atoms with Crippen molar-refractivity contribution in [2.75, 3.05) is 13.1 Å². The van der Waals surface area contributed by atoms with E-state index in [1.165, 1.54) is 0 Å². The minimum Gasteiger partial charge on any atom is -0.386 e. The number of benzene rings is 4. The van der Waals surface area contributed by atoms with Crippen molar-refractivity contribution in [1.29, 1.82) is 0 Å². The van der Waals surface area contributed by atoms with E-state index >= 15 is 0 Å². The Hall–Kier alpha value is -4.19. The number of ketones is 2. The molecule has 0 heterocycles. The van der Waals surface area contributed by atoms with Crippen molar-refractivity contribution in [3.63, 3.8) is 0 Å². The molecule has 0 unspecified atom stereocenters. The molecular formula is C36H36CoN2O2+2. The first-order valence-corrected chi connectivity index (χ1v) is 13.7. The van der Waals surface area contributed by atoms with Crippen LogP contribution in [0.5, 0.6) is 0 Å². The summed E-state index contributed by atoms with van der Waals surface area (Å²) in [4.78, 5) is 25.7. The van der Waals surface area contributed by atoms with Gasteiger partial charge in [0.1, 0.15) is 0 Å².